The largest absolute Gasteiger partial charge is 0.454 e. The summed E-state index contributed by atoms with van der Waals surface area (Å²) in [6, 6.07) is 13.6. The summed E-state index contributed by atoms with van der Waals surface area (Å²) >= 11 is 0. The Hall–Kier alpha value is -2.79. The number of aromatic nitrogens is 2. The van der Waals surface area contributed by atoms with E-state index in [1.807, 2.05) is 24.0 Å². The Kier molecular flexibility index (Phi) is 4.32. The molecular formula is C23H25N3O2. The molecule has 0 saturated carbocycles. The lowest BCUT2D eigenvalue weighted by Gasteiger charge is -2.26. The van der Waals surface area contributed by atoms with Gasteiger partial charge in [0.15, 0.2) is 11.5 Å². The molecule has 0 radical (unpaired) electrons. The van der Waals surface area contributed by atoms with E-state index in [0.29, 0.717) is 12.8 Å². The van der Waals surface area contributed by atoms with E-state index in [4.69, 9.17) is 9.47 Å². The van der Waals surface area contributed by atoms with Crippen LogP contribution in [0.25, 0.3) is 11.1 Å². The first-order chi connectivity index (χ1) is 13.7. The van der Waals surface area contributed by atoms with Crippen molar-refractivity contribution in [2.45, 2.75) is 32.4 Å². The predicted molar refractivity (Wildman–Crippen MR) is 108 cm³/mol. The number of benzene rings is 2. The molecule has 5 rings (SSSR count). The van der Waals surface area contributed by atoms with Crippen LogP contribution < -0.4 is 9.47 Å². The molecule has 1 fully saturated rings. The van der Waals surface area contributed by atoms with Gasteiger partial charge in [0, 0.05) is 31.4 Å². The van der Waals surface area contributed by atoms with E-state index < -0.39 is 0 Å². The van der Waals surface area contributed by atoms with E-state index >= 15 is 0 Å². The minimum absolute atomic E-state index is 0.329. The summed E-state index contributed by atoms with van der Waals surface area (Å²) < 4.78 is 12.9. The second-order valence-corrected chi connectivity index (χ2v) is 7.79. The first-order valence-electron chi connectivity index (χ1n) is 9.89. The van der Waals surface area contributed by atoms with Crippen molar-refractivity contribution < 1.29 is 9.47 Å². The van der Waals surface area contributed by atoms with Crippen LogP contribution in [0.4, 0.5) is 0 Å². The van der Waals surface area contributed by atoms with Gasteiger partial charge >= 0.3 is 0 Å². The highest BCUT2D eigenvalue weighted by Crippen LogP contribution is 2.39. The molecule has 0 N–H and O–H groups in total. The van der Waals surface area contributed by atoms with Gasteiger partial charge in [-0.3, -0.25) is 9.58 Å². The van der Waals surface area contributed by atoms with Crippen LogP contribution in [0.1, 0.15) is 35.6 Å². The summed E-state index contributed by atoms with van der Waals surface area (Å²) in [4.78, 5) is 2.59. The number of aryl methyl sites for hydroxylation is 2. The Balaban J connectivity index is 1.36. The zero-order valence-corrected chi connectivity index (χ0v) is 16.4. The number of ether oxygens (including phenoxy) is 2. The number of fused-ring (bicyclic) bond motifs is 1. The van der Waals surface area contributed by atoms with Gasteiger partial charge in [0.05, 0.1) is 6.20 Å². The van der Waals surface area contributed by atoms with Gasteiger partial charge in [-0.25, -0.2) is 0 Å². The lowest BCUT2D eigenvalue weighted by atomic mass is 10.00. The molecule has 0 unspecified atom stereocenters. The van der Waals surface area contributed by atoms with Gasteiger partial charge in [-0.15, -0.1) is 0 Å². The minimum atomic E-state index is 0.329. The van der Waals surface area contributed by atoms with Gasteiger partial charge in [-0.1, -0.05) is 24.3 Å². The van der Waals surface area contributed by atoms with Gasteiger partial charge in [0.1, 0.15) is 0 Å². The fraction of sp³-hybridized carbons (Fsp3) is 0.348. The van der Waals surface area contributed by atoms with Crippen molar-refractivity contribution in [1.82, 2.24) is 14.7 Å². The fourth-order valence-corrected chi connectivity index (χ4v) is 4.36. The Morgan fingerprint density at radius 1 is 1.07 bits per heavy atom. The van der Waals surface area contributed by atoms with Crippen LogP contribution in [-0.4, -0.2) is 28.0 Å². The van der Waals surface area contributed by atoms with Crippen LogP contribution in [0, 0.1) is 6.92 Å². The fourth-order valence-electron chi connectivity index (χ4n) is 4.36. The standard InChI is InChI=1S/C23H25N3O2/c1-16-10-17(20-12-24-25(2)13-20)5-6-19(16)14-26-9-3-4-21(26)18-7-8-22-23(11-18)28-15-27-22/h5-8,10-13,21H,3-4,9,14-15H2,1-2H3/t21-/m1/s1. The van der Waals surface area contributed by atoms with Crippen LogP contribution in [0.2, 0.25) is 0 Å². The van der Waals surface area contributed by atoms with E-state index in [1.54, 1.807) is 0 Å². The molecule has 0 aliphatic carbocycles. The number of hydrogen-bond acceptors (Lipinski definition) is 4. The molecule has 0 spiro atoms. The molecule has 1 saturated heterocycles. The molecule has 1 aromatic heterocycles. The van der Waals surface area contributed by atoms with Gasteiger partial charge < -0.3 is 9.47 Å². The Morgan fingerprint density at radius 3 is 2.79 bits per heavy atom. The molecule has 1 atom stereocenters. The van der Waals surface area contributed by atoms with Crippen molar-refractivity contribution >= 4 is 0 Å². The van der Waals surface area contributed by atoms with E-state index in [0.717, 1.165) is 30.2 Å². The third-order valence-corrected chi connectivity index (χ3v) is 5.90. The molecular weight excluding hydrogens is 350 g/mol. The molecule has 28 heavy (non-hydrogen) atoms. The lowest BCUT2D eigenvalue weighted by molar-refractivity contribution is 0.173. The van der Waals surface area contributed by atoms with Crippen molar-refractivity contribution in [2.75, 3.05) is 13.3 Å². The molecule has 3 heterocycles. The number of hydrogen-bond donors (Lipinski definition) is 0. The second kappa shape index (κ2) is 6.99. The average molecular weight is 375 g/mol. The molecule has 3 aromatic rings. The Bertz CT molecular complexity index is 1010. The van der Waals surface area contributed by atoms with Crippen molar-refractivity contribution in [2.24, 2.45) is 7.05 Å². The van der Waals surface area contributed by atoms with E-state index in [1.165, 1.54) is 35.1 Å². The zero-order chi connectivity index (χ0) is 19.1. The highest BCUT2D eigenvalue weighted by Gasteiger charge is 2.28. The summed E-state index contributed by atoms with van der Waals surface area (Å²) in [5, 5.41) is 4.29. The number of nitrogens with zero attached hydrogens (tertiary/aromatic N) is 3. The molecule has 5 heteroatoms. The molecule has 5 nitrogen and oxygen atoms in total. The van der Waals surface area contributed by atoms with E-state index in [-0.39, 0.29) is 0 Å². The summed E-state index contributed by atoms with van der Waals surface area (Å²) in [5.74, 6) is 1.73. The summed E-state index contributed by atoms with van der Waals surface area (Å²) in [6.45, 7) is 4.64. The summed E-state index contributed by atoms with van der Waals surface area (Å²) in [7, 11) is 1.95. The van der Waals surface area contributed by atoms with Crippen molar-refractivity contribution in [3.05, 3.63) is 65.5 Å². The van der Waals surface area contributed by atoms with E-state index in [2.05, 4.69) is 53.5 Å². The monoisotopic (exact) mass is 375 g/mol. The quantitative estimate of drug-likeness (QED) is 0.675. The van der Waals surface area contributed by atoms with Crippen molar-refractivity contribution in [3.8, 4) is 22.6 Å². The topological polar surface area (TPSA) is 39.5 Å². The van der Waals surface area contributed by atoms with E-state index in [9.17, 15) is 0 Å². The van der Waals surface area contributed by atoms with Crippen LogP contribution in [0.15, 0.2) is 48.8 Å². The highest BCUT2D eigenvalue weighted by atomic mass is 16.7. The van der Waals surface area contributed by atoms with Gasteiger partial charge in [0.25, 0.3) is 0 Å². The first-order valence-corrected chi connectivity index (χ1v) is 9.89. The maximum Gasteiger partial charge on any atom is 0.231 e. The maximum absolute atomic E-state index is 5.58. The molecule has 144 valence electrons. The predicted octanol–water partition coefficient (Wildman–Crippen LogP) is 4.46. The Labute approximate surface area is 165 Å². The third kappa shape index (κ3) is 3.16. The van der Waals surface area contributed by atoms with Crippen molar-refractivity contribution in [3.63, 3.8) is 0 Å². The number of rotatable bonds is 4. The summed E-state index contributed by atoms with van der Waals surface area (Å²) in [6.07, 6.45) is 6.40. The minimum Gasteiger partial charge on any atom is -0.454 e. The smallest absolute Gasteiger partial charge is 0.231 e. The average Bonchev–Trinajstić information content (AvgIpc) is 3.43. The first kappa shape index (κ1) is 17.3. The number of likely N-dealkylation sites (tertiary alicyclic amines) is 1. The molecule has 0 amide bonds. The van der Waals surface area contributed by atoms with Crippen LogP contribution in [-0.2, 0) is 13.6 Å². The maximum atomic E-state index is 5.58. The third-order valence-electron chi connectivity index (χ3n) is 5.90. The van der Waals surface area contributed by atoms with Crippen LogP contribution in [0.3, 0.4) is 0 Å². The second-order valence-electron chi connectivity index (χ2n) is 7.79. The Morgan fingerprint density at radius 2 is 1.96 bits per heavy atom. The zero-order valence-electron chi connectivity index (χ0n) is 16.4. The van der Waals surface area contributed by atoms with Crippen LogP contribution in [0.5, 0.6) is 11.5 Å². The lowest BCUT2D eigenvalue weighted by Crippen LogP contribution is -2.23. The van der Waals surface area contributed by atoms with Gasteiger partial charge in [-0.05, 0) is 60.7 Å². The SMILES string of the molecule is Cc1cc(-c2cnn(C)c2)ccc1CN1CCC[C@@H]1c1ccc2c(c1)OCO2. The van der Waals surface area contributed by atoms with Gasteiger partial charge in [0.2, 0.25) is 6.79 Å². The van der Waals surface area contributed by atoms with Gasteiger partial charge in [-0.2, -0.15) is 5.10 Å². The van der Waals surface area contributed by atoms with Crippen molar-refractivity contribution in [1.29, 1.82) is 0 Å². The molecule has 0 bridgehead atoms. The molecule has 2 aromatic carbocycles. The normalized spacial score (nSPS) is 18.7. The highest BCUT2D eigenvalue weighted by molar-refractivity contribution is 5.63. The molecule has 2 aliphatic heterocycles. The van der Waals surface area contributed by atoms with Crippen LogP contribution >= 0.6 is 0 Å². The molecule has 2 aliphatic rings. The summed E-state index contributed by atoms with van der Waals surface area (Å²) in [5.41, 5.74) is 6.43.